The van der Waals surface area contributed by atoms with Crippen molar-refractivity contribution in [1.82, 2.24) is 5.32 Å². The largest absolute Gasteiger partial charge is 0.481 e. The average molecular weight is 259 g/mol. The minimum absolute atomic E-state index is 0.0318. The second-order valence-electron chi connectivity index (χ2n) is 5.20. The van der Waals surface area contributed by atoms with Crippen molar-refractivity contribution >= 4 is 23.6 Å². The van der Waals surface area contributed by atoms with Crippen molar-refractivity contribution in [2.45, 2.75) is 56.7 Å². The van der Waals surface area contributed by atoms with E-state index < -0.39 is 11.5 Å². The Morgan fingerprint density at radius 1 is 1.41 bits per heavy atom. The van der Waals surface area contributed by atoms with Gasteiger partial charge in [-0.25, -0.2) is 0 Å². The summed E-state index contributed by atoms with van der Waals surface area (Å²) in [6.45, 7) is 3.49. The summed E-state index contributed by atoms with van der Waals surface area (Å²) in [5, 5.41) is 11.9. The molecule has 0 aliphatic carbocycles. The zero-order valence-corrected chi connectivity index (χ0v) is 11.3. The molecule has 1 aliphatic rings. The van der Waals surface area contributed by atoms with Crippen LogP contribution in [0.5, 0.6) is 0 Å². The van der Waals surface area contributed by atoms with E-state index in [4.69, 9.17) is 5.11 Å². The Morgan fingerprint density at radius 3 is 2.65 bits per heavy atom. The summed E-state index contributed by atoms with van der Waals surface area (Å²) in [5.41, 5.74) is -0.664. The molecule has 0 aromatic carbocycles. The van der Waals surface area contributed by atoms with Crippen molar-refractivity contribution in [2.24, 2.45) is 0 Å². The fraction of sp³-hybridized carbons (Fsp3) is 0.833. The van der Waals surface area contributed by atoms with Crippen molar-refractivity contribution in [3.8, 4) is 0 Å². The molecular weight excluding hydrogens is 238 g/mol. The monoisotopic (exact) mass is 259 g/mol. The summed E-state index contributed by atoms with van der Waals surface area (Å²) in [5.74, 6) is 0.217. The Balaban J connectivity index is 2.34. The van der Waals surface area contributed by atoms with Gasteiger partial charge < -0.3 is 10.4 Å². The number of amides is 1. The highest BCUT2D eigenvalue weighted by Gasteiger charge is 2.25. The number of hydrogen-bond donors (Lipinski definition) is 2. The second kappa shape index (κ2) is 6.28. The number of carboxylic acid groups (broad SMARTS) is 1. The van der Waals surface area contributed by atoms with Crippen LogP contribution in [0.25, 0.3) is 0 Å². The fourth-order valence-electron chi connectivity index (χ4n) is 2.03. The lowest BCUT2D eigenvalue weighted by atomic mass is 10.00. The van der Waals surface area contributed by atoms with E-state index >= 15 is 0 Å². The Labute approximate surface area is 107 Å². The highest BCUT2D eigenvalue weighted by atomic mass is 32.2. The van der Waals surface area contributed by atoms with Crippen LogP contribution in [0.3, 0.4) is 0 Å². The van der Waals surface area contributed by atoms with Crippen LogP contribution in [-0.4, -0.2) is 33.5 Å². The molecule has 1 aliphatic heterocycles. The van der Waals surface area contributed by atoms with Gasteiger partial charge in [0.2, 0.25) is 5.91 Å². The Morgan fingerprint density at radius 2 is 2.12 bits per heavy atom. The topological polar surface area (TPSA) is 66.4 Å². The van der Waals surface area contributed by atoms with E-state index in [1.165, 1.54) is 12.8 Å². The van der Waals surface area contributed by atoms with E-state index in [9.17, 15) is 9.59 Å². The molecule has 1 atom stereocenters. The molecule has 1 saturated heterocycles. The summed E-state index contributed by atoms with van der Waals surface area (Å²) >= 11 is 1.85. The maximum Gasteiger partial charge on any atom is 0.305 e. The van der Waals surface area contributed by atoms with Crippen LogP contribution < -0.4 is 5.32 Å². The predicted octanol–water partition coefficient (Wildman–Crippen LogP) is 2.03. The Hall–Kier alpha value is -0.710. The van der Waals surface area contributed by atoms with Crippen molar-refractivity contribution in [3.05, 3.63) is 0 Å². The van der Waals surface area contributed by atoms with Gasteiger partial charge in [0.1, 0.15) is 0 Å². The zero-order valence-electron chi connectivity index (χ0n) is 10.5. The third-order valence-electron chi connectivity index (χ3n) is 2.76. The molecule has 1 amide bonds. The molecule has 0 radical (unpaired) electrons. The molecule has 1 heterocycles. The maximum atomic E-state index is 11.8. The smallest absolute Gasteiger partial charge is 0.305 e. The number of thioether (sulfide) groups is 1. The minimum Gasteiger partial charge on any atom is -0.481 e. The number of rotatable bonds is 5. The molecule has 0 spiro atoms. The molecule has 0 aromatic heterocycles. The normalized spacial score (nSPS) is 20.9. The SMILES string of the molecule is CC(C)(CC(=O)O)NC(=O)CC1CCCCS1. The lowest BCUT2D eigenvalue weighted by molar-refractivity contribution is -0.138. The van der Waals surface area contributed by atoms with Gasteiger partial charge in [0.25, 0.3) is 0 Å². The van der Waals surface area contributed by atoms with E-state index in [0.29, 0.717) is 11.7 Å². The molecule has 1 rings (SSSR count). The maximum absolute atomic E-state index is 11.8. The first-order chi connectivity index (χ1) is 7.89. The Bertz CT molecular complexity index is 285. The first-order valence-corrected chi connectivity index (χ1v) is 7.08. The summed E-state index contributed by atoms with van der Waals surface area (Å²) in [4.78, 5) is 22.4. The van der Waals surface area contributed by atoms with Crippen LogP contribution >= 0.6 is 11.8 Å². The van der Waals surface area contributed by atoms with Gasteiger partial charge in [-0.2, -0.15) is 11.8 Å². The van der Waals surface area contributed by atoms with Gasteiger partial charge in [0.15, 0.2) is 0 Å². The molecule has 2 N–H and O–H groups in total. The third kappa shape index (κ3) is 5.96. The molecule has 5 heteroatoms. The van der Waals surface area contributed by atoms with Crippen LogP contribution in [0.2, 0.25) is 0 Å². The number of aliphatic carboxylic acids is 1. The number of carboxylic acids is 1. The van der Waals surface area contributed by atoms with Gasteiger partial charge in [-0.3, -0.25) is 9.59 Å². The highest BCUT2D eigenvalue weighted by Crippen LogP contribution is 2.27. The van der Waals surface area contributed by atoms with E-state index in [1.807, 2.05) is 11.8 Å². The van der Waals surface area contributed by atoms with Crippen LogP contribution in [0.4, 0.5) is 0 Å². The van der Waals surface area contributed by atoms with Gasteiger partial charge >= 0.3 is 5.97 Å². The average Bonchev–Trinajstić information content (AvgIpc) is 2.15. The zero-order chi connectivity index (χ0) is 12.9. The minimum atomic E-state index is -0.887. The van der Waals surface area contributed by atoms with Gasteiger partial charge in [0, 0.05) is 17.2 Å². The van der Waals surface area contributed by atoms with Crippen molar-refractivity contribution < 1.29 is 14.7 Å². The van der Waals surface area contributed by atoms with E-state index in [-0.39, 0.29) is 12.3 Å². The molecule has 1 unspecified atom stereocenters. The second-order valence-corrected chi connectivity index (χ2v) is 6.60. The third-order valence-corrected chi connectivity index (χ3v) is 4.16. The molecule has 0 bridgehead atoms. The summed E-state index contributed by atoms with van der Waals surface area (Å²) in [7, 11) is 0. The molecular formula is C12H21NO3S. The molecule has 17 heavy (non-hydrogen) atoms. The summed E-state index contributed by atoms with van der Waals surface area (Å²) < 4.78 is 0. The summed E-state index contributed by atoms with van der Waals surface area (Å²) in [6.07, 6.45) is 4.00. The van der Waals surface area contributed by atoms with Crippen molar-refractivity contribution in [1.29, 1.82) is 0 Å². The van der Waals surface area contributed by atoms with Gasteiger partial charge in [-0.05, 0) is 32.4 Å². The highest BCUT2D eigenvalue weighted by molar-refractivity contribution is 7.99. The molecule has 1 fully saturated rings. The predicted molar refractivity (Wildman–Crippen MR) is 69.2 cm³/mol. The first kappa shape index (κ1) is 14.4. The van der Waals surface area contributed by atoms with Gasteiger partial charge in [0.05, 0.1) is 6.42 Å². The lowest BCUT2D eigenvalue weighted by Gasteiger charge is -2.26. The lowest BCUT2D eigenvalue weighted by Crippen LogP contribution is -2.45. The molecule has 0 saturated carbocycles. The van der Waals surface area contributed by atoms with Crippen LogP contribution in [0.1, 0.15) is 46.0 Å². The van der Waals surface area contributed by atoms with Gasteiger partial charge in [-0.15, -0.1) is 0 Å². The van der Waals surface area contributed by atoms with E-state index in [0.717, 1.165) is 12.2 Å². The molecule has 98 valence electrons. The number of carbonyl (C=O) groups is 2. The number of hydrogen-bond acceptors (Lipinski definition) is 3. The first-order valence-electron chi connectivity index (χ1n) is 6.03. The number of carbonyl (C=O) groups excluding carboxylic acids is 1. The van der Waals surface area contributed by atoms with E-state index in [1.54, 1.807) is 13.8 Å². The van der Waals surface area contributed by atoms with Crippen molar-refractivity contribution in [2.75, 3.05) is 5.75 Å². The quantitative estimate of drug-likeness (QED) is 0.793. The van der Waals surface area contributed by atoms with Gasteiger partial charge in [-0.1, -0.05) is 6.42 Å². The fourth-order valence-corrected chi connectivity index (χ4v) is 3.33. The standard InChI is InChI=1S/C12H21NO3S/c1-12(2,8-11(15)16)13-10(14)7-9-5-3-4-6-17-9/h9H,3-8H2,1-2H3,(H,13,14)(H,15,16). The Kier molecular flexibility index (Phi) is 5.31. The summed E-state index contributed by atoms with van der Waals surface area (Å²) in [6, 6.07) is 0. The van der Waals surface area contributed by atoms with Crippen LogP contribution in [0.15, 0.2) is 0 Å². The molecule has 0 aromatic rings. The van der Waals surface area contributed by atoms with Crippen LogP contribution in [-0.2, 0) is 9.59 Å². The number of nitrogens with one attached hydrogen (secondary N) is 1. The van der Waals surface area contributed by atoms with Crippen LogP contribution in [0, 0.1) is 0 Å². The molecule has 4 nitrogen and oxygen atoms in total. The van der Waals surface area contributed by atoms with Crippen molar-refractivity contribution in [3.63, 3.8) is 0 Å². The van der Waals surface area contributed by atoms with E-state index in [2.05, 4.69) is 5.32 Å².